The van der Waals surface area contributed by atoms with Gasteiger partial charge in [0.1, 0.15) is 6.17 Å². The van der Waals surface area contributed by atoms with Crippen LogP contribution in [0.2, 0.25) is 0 Å². The van der Waals surface area contributed by atoms with E-state index in [1.807, 2.05) is 0 Å². The minimum absolute atomic E-state index is 0.00202. The first-order valence-corrected chi connectivity index (χ1v) is 8.44. The SMILES string of the molecule is CON1C(=O)[C@H](C2CCCCC2)N[C@H]1C1CCCCC1. The van der Waals surface area contributed by atoms with Crippen molar-refractivity contribution in [1.82, 2.24) is 10.4 Å². The van der Waals surface area contributed by atoms with Gasteiger partial charge in [0.25, 0.3) is 5.91 Å². The second kappa shape index (κ2) is 6.44. The number of rotatable bonds is 3. The van der Waals surface area contributed by atoms with Crippen LogP contribution in [0.15, 0.2) is 0 Å². The van der Waals surface area contributed by atoms with Crippen LogP contribution in [0.5, 0.6) is 0 Å². The average molecular weight is 280 g/mol. The fraction of sp³-hybridized carbons (Fsp3) is 0.938. The highest BCUT2D eigenvalue weighted by molar-refractivity contribution is 5.83. The van der Waals surface area contributed by atoms with E-state index in [4.69, 9.17) is 4.84 Å². The number of nitrogens with zero attached hydrogens (tertiary/aromatic N) is 1. The molecule has 1 amide bonds. The smallest absolute Gasteiger partial charge is 0.265 e. The maximum atomic E-state index is 12.6. The van der Waals surface area contributed by atoms with E-state index >= 15 is 0 Å². The van der Waals surface area contributed by atoms with Crippen LogP contribution in [-0.2, 0) is 9.63 Å². The van der Waals surface area contributed by atoms with Crippen molar-refractivity contribution < 1.29 is 9.63 Å². The maximum absolute atomic E-state index is 12.6. The molecule has 1 saturated heterocycles. The van der Waals surface area contributed by atoms with Crippen molar-refractivity contribution in [3.8, 4) is 0 Å². The Bertz CT molecular complexity index is 335. The molecule has 20 heavy (non-hydrogen) atoms. The molecule has 0 radical (unpaired) electrons. The molecule has 1 aliphatic heterocycles. The molecule has 2 saturated carbocycles. The summed E-state index contributed by atoms with van der Waals surface area (Å²) in [4.78, 5) is 18.1. The van der Waals surface area contributed by atoms with Crippen molar-refractivity contribution in [2.75, 3.05) is 7.11 Å². The topological polar surface area (TPSA) is 41.6 Å². The molecule has 0 aromatic carbocycles. The zero-order valence-electron chi connectivity index (χ0n) is 12.6. The van der Waals surface area contributed by atoms with Crippen molar-refractivity contribution in [3.05, 3.63) is 0 Å². The number of hydrogen-bond donors (Lipinski definition) is 1. The van der Waals surface area contributed by atoms with Gasteiger partial charge in [0, 0.05) is 0 Å². The predicted octanol–water partition coefficient (Wildman–Crippen LogP) is 2.83. The highest BCUT2D eigenvalue weighted by Gasteiger charge is 2.46. The van der Waals surface area contributed by atoms with Crippen LogP contribution < -0.4 is 5.32 Å². The molecule has 4 heteroatoms. The third kappa shape index (κ3) is 2.73. The van der Waals surface area contributed by atoms with Crippen LogP contribution in [0.3, 0.4) is 0 Å². The summed E-state index contributed by atoms with van der Waals surface area (Å²) in [6.45, 7) is 0. The Labute approximate surface area is 122 Å². The molecule has 114 valence electrons. The molecular weight excluding hydrogens is 252 g/mol. The van der Waals surface area contributed by atoms with Crippen LogP contribution in [0.4, 0.5) is 0 Å². The zero-order valence-corrected chi connectivity index (χ0v) is 12.6. The third-order valence-electron chi connectivity index (χ3n) is 5.50. The lowest BCUT2D eigenvalue weighted by Gasteiger charge is -2.32. The van der Waals surface area contributed by atoms with Crippen LogP contribution in [0, 0.1) is 11.8 Å². The highest BCUT2D eigenvalue weighted by atomic mass is 16.7. The molecule has 3 rings (SSSR count). The normalized spacial score (nSPS) is 33.9. The van der Waals surface area contributed by atoms with Gasteiger partial charge in [-0.25, -0.2) is 5.06 Å². The van der Waals surface area contributed by atoms with Crippen LogP contribution in [0.25, 0.3) is 0 Å². The van der Waals surface area contributed by atoms with Crippen LogP contribution in [0.1, 0.15) is 64.2 Å². The molecule has 3 aliphatic rings. The summed E-state index contributed by atoms with van der Waals surface area (Å²) in [5, 5.41) is 5.28. The number of nitrogens with one attached hydrogen (secondary N) is 1. The lowest BCUT2D eigenvalue weighted by Crippen LogP contribution is -2.44. The van der Waals surface area contributed by atoms with E-state index in [2.05, 4.69) is 5.32 Å². The minimum Gasteiger partial charge on any atom is -0.283 e. The van der Waals surface area contributed by atoms with E-state index in [1.54, 1.807) is 12.2 Å². The molecule has 0 aromatic heterocycles. The van der Waals surface area contributed by atoms with Crippen molar-refractivity contribution >= 4 is 5.91 Å². The van der Waals surface area contributed by atoms with E-state index in [0.717, 1.165) is 0 Å². The van der Waals surface area contributed by atoms with Crippen molar-refractivity contribution in [1.29, 1.82) is 0 Å². The van der Waals surface area contributed by atoms with Gasteiger partial charge in [-0.3, -0.25) is 14.9 Å². The molecule has 4 nitrogen and oxygen atoms in total. The van der Waals surface area contributed by atoms with E-state index in [0.29, 0.717) is 11.8 Å². The molecule has 2 atom stereocenters. The van der Waals surface area contributed by atoms with Crippen LogP contribution in [-0.4, -0.2) is 30.3 Å². The minimum atomic E-state index is 0.00202. The second-order valence-electron chi connectivity index (χ2n) is 6.73. The first kappa shape index (κ1) is 14.3. The van der Waals surface area contributed by atoms with Gasteiger partial charge in [-0.05, 0) is 37.5 Å². The molecule has 1 heterocycles. The summed E-state index contributed by atoms with van der Waals surface area (Å²) in [5.74, 6) is 1.26. The molecule has 2 aliphatic carbocycles. The summed E-state index contributed by atoms with van der Waals surface area (Å²) in [6, 6.07) is 0.00202. The summed E-state index contributed by atoms with van der Waals surface area (Å²) in [5.41, 5.74) is 0. The fourth-order valence-electron chi connectivity index (χ4n) is 4.38. The third-order valence-corrected chi connectivity index (χ3v) is 5.50. The Morgan fingerprint density at radius 2 is 1.50 bits per heavy atom. The van der Waals surface area contributed by atoms with E-state index in [-0.39, 0.29) is 18.1 Å². The van der Waals surface area contributed by atoms with E-state index < -0.39 is 0 Å². The predicted molar refractivity (Wildman–Crippen MR) is 77.7 cm³/mol. The van der Waals surface area contributed by atoms with Gasteiger partial charge in [-0.2, -0.15) is 0 Å². The molecule has 0 unspecified atom stereocenters. The first-order chi connectivity index (χ1) is 9.81. The number of carbonyl (C=O) groups excluding carboxylic acids is 1. The van der Waals surface area contributed by atoms with Gasteiger partial charge in [0.2, 0.25) is 0 Å². The Balaban J connectivity index is 1.69. The number of carbonyl (C=O) groups is 1. The lowest BCUT2D eigenvalue weighted by atomic mass is 9.83. The van der Waals surface area contributed by atoms with Gasteiger partial charge in [0.15, 0.2) is 0 Å². The Morgan fingerprint density at radius 1 is 0.950 bits per heavy atom. The molecule has 0 spiro atoms. The van der Waals surface area contributed by atoms with Crippen molar-refractivity contribution in [2.24, 2.45) is 11.8 Å². The molecular formula is C16H28N2O2. The van der Waals surface area contributed by atoms with E-state index in [9.17, 15) is 4.79 Å². The molecule has 0 bridgehead atoms. The van der Waals surface area contributed by atoms with E-state index in [1.165, 1.54) is 64.2 Å². The average Bonchev–Trinajstić information content (AvgIpc) is 2.86. The quantitative estimate of drug-likeness (QED) is 0.864. The number of amides is 1. The monoisotopic (exact) mass is 280 g/mol. The summed E-state index contributed by atoms with van der Waals surface area (Å²) >= 11 is 0. The summed E-state index contributed by atoms with van der Waals surface area (Å²) in [7, 11) is 1.64. The number of hydroxylamine groups is 2. The lowest BCUT2D eigenvalue weighted by molar-refractivity contribution is -0.185. The fourth-order valence-corrected chi connectivity index (χ4v) is 4.38. The zero-order chi connectivity index (χ0) is 13.9. The molecule has 3 fully saturated rings. The summed E-state index contributed by atoms with van der Waals surface area (Å²) in [6.07, 6.45) is 12.8. The van der Waals surface area contributed by atoms with Crippen LogP contribution >= 0.6 is 0 Å². The Kier molecular flexibility index (Phi) is 4.61. The first-order valence-electron chi connectivity index (χ1n) is 8.44. The summed E-state index contributed by atoms with van der Waals surface area (Å²) < 4.78 is 0. The highest BCUT2D eigenvalue weighted by Crippen LogP contribution is 2.35. The number of hydrogen-bond acceptors (Lipinski definition) is 3. The van der Waals surface area contributed by atoms with Crippen molar-refractivity contribution in [2.45, 2.75) is 76.4 Å². The van der Waals surface area contributed by atoms with Gasteiger partial charge >= 0.3 is 0 Å². The van der Waals surface area contributed by atoms with Gasteiger partial charge in [0.05, 0.1) is 13.2 Å². The molecule has 1 N–H and O–H groups in total. The largest absolute Gasteiger partial charge is 0.283 e. The van der Waals surface area contributed by atoms with Gasteiger partial charge in [-0.15, -0.1) is 0 Å². The standard InChI is InChI=1S/C16H28N2O2/c1-20-18-15(13-10-6-3-7-11-13)17-14(16(18)19)12-8-4-2-5-9-12/h12-15,17H,2-11H2,1H3/t14-,15+/m0/s1. The Hall–Kier alpha value is -0.610. The maximum Gasteiger partial charge on any atom is 0.265 e. The molecule has 0 aromatic rings. The van der Waals surface area contributed by atoms with Crippen molar-refractivity contribution in [3.63, 3.8) is 0 Å². The van der Waals surface area contributed by atoms with Gasteiger partial charge < -0.3 is 0 Å². The van der Waals surface area contributed by atoms with Gasteiger partial charge in [-0.1, -0.05) is 38.5 Å². The second-order valence-corrected chi connectivity index (χ2v) is 6.73. The Morgan fingerprint density at radius 3 is 2.05 bits per heavy atom.